The quantitative estimate of drug-likeness (QED) is 0.334. The van der Waals surface area contributed by atoms with Gasteiger partial charge < -0.3 is 29.0 Å². The van der Waals surface area contributed by atoms with Crippen LogP contribution in [0.3, 0.4) is 0 Å². The molecule has 3 rings (SSSR count). The molecule has 3 aromatic rings. The van der Waals surface area contributed by atoms with Crippen LogP contribution in [-0.4, -0.2) is 45.9 Å². The Balaban J connectivity index is 1.50. The molecular weight excluding hydrogens is 445 g/mol. The SMILES string of the molecule is COc1ccccc1NC(=O)COc1ccc(C(=O)OCCOc2ccc(F)cc2)cc1OC. The Kier molecular flexibility index (Phi) is 8.67. The predicted molar refractivity (Wildman–Crippen MR) is 122 cm³/mol. The van der Waals surface area contributed by atoms with Gasteiger partial charge in [0.15, 0.2) is 18.1 Å². The van der Waals surface area contributed by atoms with Gasteiger partial charge in [-0.15, -0.1) is 0 Å². The van der Waals surface area contributed by atoms with Crippen molar-refractivity contribution in [2.75, 3.05) is 39.4 Å². The minimum atomic E-state index is -0.582. The van der Waals surface area contributed by atoms with Crippen LogP contribution in [0.4, 0.5) is 10.1 Å². The fourth-order valence-corrected chi connectivity index (χ4v) is 2.90. The molecule has 0 heterocycles. The van der Waals surface area contributed by atoms with Crippen molar-refractivity contribution in [3.05, 3.63) is 78.1 Å². The Bertz CT molecular complexity index is 1120. The van der Waals surface area contributed by atoms with Gasteiger partial charge in [0.05, 0.1) is 25.5 Å². The Morgan fingerprint density at radius 3 is 2.29 bits per heavy atom. The largest absolute Gasteiger partial charge is 0.495 e. The van der Waals surface area contributed by atoms with E-state index in [-0.39, 0.29) is 42.7 Å². The number of nitrogens with one attached hydrogen (secondary N) is 1. The molecule has 0 aliphatic rings. The van der Waals surface area contributed by atoms with Crippen molar-refractivity contribution in [2.45, 2.75) is 0 Å². The van der Waals surface area contributed by atoms with E-state index in [1.807, 2.05) is 0 Å². The van der Waals surface area contributed by atoms with Gasteiger partial charge in [0.2, 0.25) is 0 Å². The number of methoxy groups -OCH3 is 2. The van der Waals surface area contributed by atoms with Crippen molar-refractivity contribution in [2.24, 2.45) is 0 Å². The van der Waals surface area contributed by atoms with Crippen LogP contribution in [0.2, 0.25) is 0 Å². The Hall–Kier alpha value is -4.27. The fraction of sp³-hybridized carbons (Fsp3) is 0.200. The molecule has 0 aliphatic heterocycles. The first-order valence-electron chi connectivity index (χ1n) is 10.3. The number of ether oxygens (including phenoxy) is 5. The van der Waals surface area contributed by atoms with Crippen LogP contribution in [-0.2, 0) is 9.53 Å². The summed E-state index contributed by atoms with van der Waals surface area (Å²) in [4.78, 5) is 24.6. The lowest BCUT2D eigenvalue weighted by atomic mass is 10.2. The number of amides is 1. The average Bonchev–Trinajstić information content (AvgIpc) is 2.86. The molecule has 0 unspecified atom stereocenters. The van der Waals surface area contributed by atoms with Gasteiger partial charge in [-0.05, 0) is 54.6 Å². The van der Waals surface area contributed by atoms with Gasteiger partial charge >= 0.3 is 5.97 Å². The Morgan fingerprint density at radius 2 is 1.56 bits per heavy atom. The minimum Gasteiger partial charge on any atom is -0.495 e. The summed E-state index contributed by atoms with van der Waals surface area (Å²) in [6.07, 6.45) is 0. The molecule has 1 amide bonds. The second-order valence-corrected chi connectivity index (χ2v) is 6.84. The third-order valence-corrected chi connectivity index (χ3v) is 4.54. The van der Waals surface area contributed by atoms with Crippen LogP contribution < -0.4 is 24.3 Å². The van der Waals surface area contributed by atoms with Gasteiger partial charge in [0, 0.05) is 0 Å². The molecular formula is C25H24FNO7. The van der Waals surface area contributed by atoms with E-state index in [0.29, 0.717) is 17.2 Å². The molecule has 34 heavy (non-hydrogen) atoms. The lowest BCUT2D eigenvalue weighted by molar-refractivity contribution is -0.118. The van der Waals surface area contributed by atoms with Gasteiger partial charge in [-0.2, -0.15) is 0 Å². The van der Waals surface area contributed by atoms with E-state index in [9.17, 15) is 14.0 Å². The van der Waals surface area contributed by atoms with Crippen molar-refractivity contribution < 1.29 is 37.7 Å². The standard InChI is InChI=1S/C25H24FNO7/c1-30-21-6-4-3-5-20(21)27-24(28)16-34-22-12-7-17(15-23(22)31-2)25(29)33-14-13-32-19-10-8-18(26)9-11-19/h3-12,15H,13-14,16H2,1-2H3,(H,27,28). The second kappa shape index (κ2) is 12.1. The van der Waals surface area contributed by atoms with E-state index >= 15 is 0 Å². The highest BCUT2D eigenvalue weighted by atomic mass is 19.1. The first-order valence-corrected chi connectivity index (χ1v) is 10.3. The maximum absolute atomic E-state index is 12.9. The van der Waals surface area contributed by atoms with Crippen LogP contribution in [0, 0.1) is 5.82 Å². The molecule has 178 valence electrons. The summed E-state index contributed by atoms with van der Waals surface area (Å²) in [6.45, 7) is -0.171. The highest BCUT2D eigenvalue weighted by Gasteiger charge is 2.14. The highest BCUT2D eigenvalue weighted by molar-refractivity contribution is 5.93. The highest BCUT2D eigenvalue weighted by Crippen LogP contribution is 2.29. The maximum atomic E-state index is 12.9. The molecule has 3 aromatic carbocycles. The van der Waals surface area contributed by atoms with Gasteiger partial charge in [-0.3, -0.25) is 4.79 Å². The van der Waals surface area contributed by atoms with Crippen LogP contribution in [0.25, 0.3) is 0 Å². The van der Waals surface area contributed by atoms with Gasteiger partial charge in [0.1, 0.15) is 30.5 Å². The molecule has 9 heteroatoms. The zero-order chi connectivity index (χ0) is 24.3. The summed E-state index contributed by atoms with van der Waals surface area (Å²) in [5.41, 5.74) is 0.761. The van der Waals surface area contributed by atoms with Crippen LogP contribution in [0.1, 0.15) is 10.4 Å². The topological polar surface area (TPSA) is 92.3 Å². The Morgan fingerprint density at radius 1 is 0.824 bits per heavy atom. The van der Waals surface area contributed by atoms with Crippen molar-refractivity contribution in [1.82, 2.24) is 0 Å². The average molecular weight is 469 g/mol. The van der Waals surface area contributed by atoms with Gasteiger partial charge in [0.25, 0.3) is 5.91 Å². The summed E-state index contributed by atoms with van der Waals surface area (Å²) in [5, 5.41) is 2.71. The van der Waals surface area contributed by atoms with E-state index in [1.165, 1.54) is 56.7 Å². The van der Waals surface area contributed by atoms with E-state index in [0.717, 1.165) is 0 Å². The molecule has 0 bridgehead atoms. The molecule has 0 spiro atoms. The maximum Gasteiger partial charge on any atom is 0.338 e. The zero-order valence-corrected chi connectivity index (χ0v) is 18.7. The van der Waals surface area contributed by atoms with Crippen molar-refractivity contribution >= 4 is 17.6 Å². The third kappa shape index (κ3) is 6.86. The molecule has 0 aliphatic carbocycles. The number of para-hydroxylation sites is 2. The van der Waals surface area contributed by atoms with Crippen molar-refractivity contribution in [1.29, 1.82) is 0 Å². The summed E-state index contributed by atoms with van der Waals surface area (Å²) in [7, 11) is 2.93. The lowest BCUT2D eigenvalue weighted by Crippen LogP contribution is -2.20. The molecule has 0 aromatic heterocycles. The number of carbonyl (C=O) groups is 2. The Labute approximate surface area is 196 Å². The monoisotopic (exact) mass is 469 g/mol. The molecule has 8 nitrogen and oxygen atoms in total. The summed E-state index contributed by atoms with van der Waals surface area (Å²) >= 11 is 0. The number of benzene rings is 3. The van der Waals surface area contributed by atoms with E-state index in [4.69, 9.17) is 23.7 Å². The lowest BCUT2D eigenvalue weighted by Gasteiger charge is -2.13. The number of rotatable bonds is 11. The van der Waals surface area contributed by atoms with Gasteiger partial charge in [-0.25, -0.2) is 9.18 Å². The molecule has 0 atom stereocenters. The summed E-state index contributed by atoms with van der Waals surface area (Å²) < 4.78 is 39.5. The molecule has 0 fully saturated rings. The smallest absolute Gasteiger partial charge is 0.338 e. The molecule has 0 radical (unpaired) electrons. The van der Waals surface area contributed by atoms with Gasteiger partial charge in [-0.1, -0.05) is 12.1 Å². The zero-order valence-electron chi connectivity index (χ0n) is 18.7. The van der Waals surface area contributed by atoms with Crippen LogP contribution in [0.15, 0.2) is 66.7 Å². The predicted octanol–water partition coefficient (Wildman–Crippen LogP) is 4.10. The number of carbonyl (C=O) groups excluding carboxylic acids is 2. The number of esters is 1. The fourth-order valence-electron chi connectivity index (χ4n) is 2.90. The van der Waals surface area contributed by atoms with Crippen LogP contribution in [0.5, 0.6) is 23.0 Å². The number of hydrogen-bond donors (Lipinski definition) is 1. The van der Waals surface area contributed by atoms with E-state index < -0.39 is 11.9 Å². The number of halogens is 1. The molecule has 1 N–H and O–H groups in total. The molecule has 0 saturated carbocycles. The van der Waals surface area contributed by atoms with E-state index in [2.05, 4.69) is 5.32 Å². The van der Waals surface area contributed by atoms with Crippen molar-refractivity contribution in [3.63, 3.8) is 0 Å². The van der Waals surface area contributed by atoms with E-state index in [1.54, 1.807) is 24.3 Å². The second-order valence-electron chi connectivity index (χ2n) is 6.84. The first-order chi connectivity index (χ1) is 16.5. The molecule has 0 saturated heterocycles. The summed E-state index contributed by atoms with van der Waals surface area (Å²) in [5.74, 6) is 0.209. The van der Waals surface area contributed by atoms with Crippen molar-refractivity contribution in [3.8, 4) is 23.0 Å². The minimum absolute atomic E-state index is 0.000103. The first kappa shape index (κ1) is 24.4. The normalized spacial score (nSPS) is 10.2. The third-order valence-electron chi connectivity index (χ3n) is 4.54. The summed E-state index contributed by atoms with van der Waals surface area (Å²) in [6, 6.07) is 17.0. The number of anilines is 1. The number of hydrogen-bond acceptors (Lipinski definition) is 7. The van der Waals surface area contributed by atoms with Crippen LogP contribution >= 0.6 is 0 Å².